The van der Waals surface area contributed by atoms with Gasteiger partial charge in [0.15, 0.2) is 11.5 Å². The standard InChI is InChI=1S/C19H29N5O3/c1-23-8-10-24(11-9-23)7-5-6-20-19-14-12-15(25-2)17(26-3)18(27-4)16(14)21-13-22-19/h12-13H,5-11H2,1-4H3,(H,20,21,22). The van der Waals surface area contributed by atoms with Crippen molar-refractivity contribution in [3.8, 4) is 17.2 Å². The Morgan fingerprint density at radius 2 is 1.74 bits per heavy atom. The maximum absolute atomic E-state index is 5.53. The van der Waals surface area contributed by atoms with Gasteiger partial charge < -0.3 is 29.3 Å². The first kappa shape index (κ1) is 19.4. The van der Waals surface area contributed by atoms with Crippen molar-refractivity contribution in [1.82, 2.24) is 19.8 Å². The molecule has 0 radical (unpaired) electrons. The largest absolute Gasteiger partial charge is 0.493 e. The van der Waals surface area contributed by atoms with E-state index in [4.69, 9.17) is 14.2 Å². The maximum atomic E-state index is 5.53. The van der Waals surface area contributed by atoms with Crippen LogP contribution in [-0.4, -0.2) is 87.4 Å². The molecule has 148 valence electrons. The second kappa shape index (κ2) is 9.05. The third-order valence-corrected chi connectivity index (χ3v) is 4.97. The Bertz CT molecular complexity index is 763. The number of ether oxygens (including phenoxy) is 3. The first-order chi connectivity index (χ1) is 13.2. The van der Waals surface area contributed by atoms with E-state index in [1.807, 2.05) is 6.07 Å². The lowest BCUT2D eigenvalue weighted by Gasteiger charge is -2.32. The summed E-state index contributed by atoms with van der Waals surface area (Å²) in [6.45, 7) is 6.50. The molecule has 1 fully saturated rings. The highest BCUT2D eigenvalue weighted by Crippen LogP contribution is 2.43. The highest BCUT2D eigenvalue weighted by atomic mass is 16.5. The van der Waals surface area contributed by atoms with E-state index < -0.39 is 0 Å². The number of hydrogen-bond donors (Lipinski definition) is 1. The molecule has 0 bridgehead atoms. The molecule has 3 rings (SSSR count). The number of rotatable bonds is 8. The van der Waals surface area contributed by atoms with Gasteiger partial charge in [-0.15, -0.1) is 0 Å². The molecular formula is C19H29N5O3. The maximum Gasteiger partial charge on any atom is 0.205 e. The summed E-state index contributed by atoms with van der Waals surface area (Å²) in [5.41, 5.74) is 0.701. The summed E-state index contributed by atoms with van der Waals surface area (Å²) < 4.78 is 16.4. The van der Waals surface area contributed by atoms with Crippen LogP contribution < -0.4 is 19.5 Å². The van der Waals surface area contributed by atoms with Gasteiger partial charge in [-0.2, -0.15) is 0 Å². The Hall–Kier alpha value is -2.32. The second-order valence-corrected chi connectivity index (χ2v) is 6.69. The van der Waals surface area contributed by atoms with Crippen molar-refractivity contribution >= 4 is 16.7 Å². The third-order valence-electron chi connectivity index (χ3n) is 4.97. The first-order valence-corrected chi connectivity index (χ1v) is 9.26. The molecule has 27 heavy (non-hydrogen) atoms. The highest BCUT2D eigenvalue weighted by molar-refractivity contribution is 5.96. The van der Waals surface area contributed by atoms with Gasteiger partial charge in [-0.25, -0.2) is 9.97 Å². The number of likely N-dealkylation sites (N-methyl/N-ethyl adjacent to an activating group) is 1. The molecule has 0 atom stereocenters. The minimum Gasteiger partial charge on any atom is -0.493 e. The molecule has 0 amide bonds. The SMILES string of the molecule is COc1cc2c(NCCCN3CCN(C)CC3)ncnc2c(OC)c1OC. The highest BCUT2D eigenvalue weighted by Gasteiger charge is 2.19. The van der Waals surface area contributed by atoms with Crippen molar-refractivity contribution in [2.45, 2.75) is 6.42 Å². The van der Waals surface area contributed by atoms with Crippen LogP contribution in [0.25, 0.3) is 10.9 Å². The molecule has 1 aliphatic rings. The zero-order valence-electron chi connectivity index (χ0n) is 16.6. The fraction of sp³-hybridized carbons (Fsp3) is 0.579. The van der Waals surface area contributed by atoms with Gasteiger partial charge in [-0.3, -0.25) is 0 Å². The number of methoxy groups -OCH3 is 3. The second-order valence-electron chi connectivity index (χ2n) is 6.69. The van der Waals surface area contributed by atoms with Gasteiger partial charge in [0.1, 0.15) is 17.7 Å². The number of nitrogens with zero attached hydrogens (tertiary/aromatic N) is 4. The van der Waals surface area contributed by atoms with Gasteiger partial charge in [-0.05, 0) is 26.1 Å². The van der Waals surface area contributed by atoms with Gasteiger partial charge in [0.25, 0.3) is 0 Å². The lowest BCUT2D eigenvalue weighted by molar-refractivity contribution is 0.154. The Labute approximate surface area is 160 Å². The first-order valence-electron chi connectivity index (χ1n) is 9.26. The van der Waals surface area contributed by atoms with Crippen molar-refractivity contribution in [2.75, 3.05) is 73.0 Å². The van der Waals surface area contributed by atoms with Crippen LogP contribution >= 0.6 is 0 Å². The summed E-state index contributed by atoms with van der Waals surface area (Å²) >= 11 is 0. The zero-order valence-corrected chi connectivity index (χ0v) is 16.6. The average molecular weight is 375 g/mol. The Balaban J connectivity index is 1.71. The van der Waals surface area contributed by atoms with E-state index in [0.29, 0.717) is 22.8 Å². The summed E-state index contributed by atoms with van der Waals surface area (Å²) in [5.74, 6) is 2.46. The molecule has 1 aliphatic heterocycles. The van der Waals surface area contributed by atoms with Gasteiger partial charge in [-0.1, -0.05) is 0 Å². The van der Waals surface area contributed by atoms with E-state index in [9.17, 15) is 0 Å². The van der Waals surface area contributed by atoms with Crippen LogP contribution in [0.1, 0.15) is 6.42 Å². The number of fused-ring (bicyclic) bond motifs is 1. The van der Waals surface area contributed by atoms with Crippen molar-refractivity contribution in [3.63, 3.8) is 0 Å². The number of nitrogens with one attached hydrogen (secondary N) is 1. The predicted molar refractivity (Wildman–Crippen MR) is 106 cm³/mol. The number of hydrogen-bond acceptors (Lipinski definition) is 8. The normalized spacial score (nSPS) is 15.7. The molecule has 8 nitrogen and oxygen atoms in total. The van der Waals surface area contributed by atoms with Crippen LogP contribution in [0.5, 0.6) is 17.2 Å². The van der Waals surface area contributed by atoms with Crippen molar-refractivity contribution in [3.05, 3.63) is 12.4 Å². The smallest absolute Gasteiger partial charge is 0.205 e. The van der Waals surface area contributed by atoms with E-state index in [0.717, 1.165) is 56.9 Å². The molecule has 1 saturated heterocycles. The van der Waals surface area contributed by atoms with Crippen LogP contribution in [-0.2, 0) is 0 Å². The number of benzene rings is 1. The zero-order chi connectivity index (χ0) is 19.2. The van der Waals surface area contributed by atoms with Crippen molar-refractivity contribution in [2.24, 2.45) is 0 Å². The quantitative estimate of drug-likeness (QED) is 0.699. The number of aromatic nitrogens is 2. The summed E-state index contributed by atoms with van der Waals surface area (Å²) in [5, 5.41) is 4.29. The van der Waals surface area contributed by atoms with E-state index in [1.165, 1.54) is 0 Å². The molecule has 1 aromatic heterocycles. The summed E-state index contributed by atoms with van der Waals surface area (Å²) in [6.07, 6.45) is 2.60. The summed E-state index contributed by atoms with van der Waals surface area (Å²) in [4.78, 5) is 13.7. The Morgan fingerprint density at radius 1 is 1.00 bits per heavy atom. The van der Waals surface area contributed by atoms with E-state index >= 15 is 0 Å². The van der Waals surface area contributed by atoms with Crippen LogP contribution in [0.15, 0.2) is 12.4 Å². The molecular weight excluding hydrogens is 346 g/mol. The van der Waals surface area contributed by atoms with Crippen LogP contribution in [0.4, 0.5) is 5.82 Å². The molecule has 1 aromatic carbocycles. The summed E-state index contributed by atoms with van der Waals surface area (Å²) in [6, 6.07) is 1.89. The number of piperazine rings is 1. The van der Waals surface area contributed by atoms with E-state index in [-0.39, 0.29) is 0 Å². The Morgan fingerprint density at radius 3 is 2.41 bits per heavy atom. The van der Waals surface area contributed by atoms with Crippen LogP contribution in [0, 0.1) is 0 Å². The monoisotopic (exact) mass is 375 g/mol. The predicted octanol–water partition coefficient (Wildman–Crippen LogP) is 1.70. The molecule has 8 heteroatoms. The molecule has 2 heterocycles. The minimum atomic E-state index is 0.534. The van der Waals surface area contributed by atoms with Crippen molar-refractivity contribution < 1.29 is 14.2 Å². The topological polar surface area (TPSA) is 72.0 Å². The van der Waals surface area contributed by atoms with E-state index in [2.05, 4.69) is 32.1 Å². The fourth-order valence-corrected chi connectivity index (χ4v) is 3.39. The molecule has 0 aliphatic carbocycles. The van der Waals surface area contributed by atoms with Gasteiger partial charge in [0.2, 0.25) is 5.75 Å². The third kappa shape index (κ3) is 4.33. The van der Waals surface area contributed by atoms with Crippen molar-refractivity contribution in [1.29, 1.82) is 0 Å². The van der Waals surface area contributed by atoms with Gasteiger partial charge >= 0.3 is 0 Å². The molecule has 2 aromatic rings. The molecule has 0 unspecified atom stereocenters. The minimum absolute atomic E-state index is 0.534. The average Bonchev–Trinajstić information content (AvgIpc) is 2.70. The summed E-state index contributed by atoms with van der Waals surface area (Å²) in [7, 11) is 6.97. The Kier molecular flexibility index (Phi) is 6.52. The molecule has 0 spiro atoms. The lowest BCUT2D eigenvalue weighted by atomic mass is 10.2. The van der Waals surface area contributed by atoms with Crippen LogP contribution in [0.3, 0.4) is 0 Å². The van der Waals surface area contributed by atoms with Gasteiger partial charge in [0, 0.05) is 32.7 Å². The number of anilines is 1. The molecule has 1 N–H and O–H groups in total. The fourth-order valence-electron chi connectivity index (χ4n) is 3.39. The molecule has 0 saturated carbocycles. The lowest BCUT2D eigenvalue weighted by Crippen LogP contribution is -2.44. The van der Waals surface area contributed by atoms with Crippen LogP contribution in [0.2, 0.25) is 0 Å². The van der Waals surface area contributed by atoms with Gasteiger partial charge in [0.05, 0.1) is 26.7 Å². The van der Waals surface area contributed by atoms with E-state index in [1.54, 1.807) is 27.7 Å².